The van der Waals surface area contributed by atoms with Gasteiger partial charge in [0.2, 0.25) is 0 Å². The van der Waals surface area contributed by atoms with E-state index in [1.165, 1.54) is 12.1 Å². The van der Waals surface area contributed by atoms with Gasteiger partial charge in [-0.15, -0.1) is 0 Å². The van der Waals surface area contributed by atoms with E-state index in [0.717, 1.165) is 37.5 Å². The summed E-state index contributed by atoms with van der Waals surface area (Å²) in [6.45, 7) is 0.971. The van der Waals surface area contributed by atoms with Crippen LogP contribution in [0.4, 0.5) is 24.5 Å². The van der Waals surface area contributed by atoms with Gasteiger partial charge in [0.15, 0.2) is 11.6 Å². The third-order valence-corrected chi connectivity index (χ3v) is 6.73. The molecule has 0 spiro atoms. The van der Waals surface area contributed by atoms with Crippen molar-refractivity contribution in [3.8, 4) is 11.8 Å². The zero-order valence-corrected chi connectivity index (χ0v) is 20.0. The number of benzene rings is 3. The number of rotatable bonds is 6. The monoisotopic (exact) mass is 513 g/mol. The van der Waals surface area contributed by atoms with E-state index in [1.807, 2.05) is 6.07 Å². The molecule has 0 amide bonds. The van der Waals surface area contributed by atoms with Crippen LogP contribution in [-0.4, -0.2) is 19.3 Å². The second-order valence-corrected chi connectivity index (χ2v) is 9.44. The van der Waals surface area contributed by atoms with Crippen LogP contribution in [0.1, 0.15) is 36.0 Å². The predicted molar refractivity (Wildman–Crippen MR) is 131 cm³/mol. The summed E-state index contributed by atoms with van der Waals surface area (Å²) in [6.07, 6.45) is 2.89. The van der Waals surface area contributed by atoms with E-state index < -0.39 is 23.1 Å². The quantitative estimate of drug-likeness (QED) is 0.393. The van der Waals surface area contributed by atoms with Crippen LogP contribution < -0.4 is 15.4 Å². The molecule has 2 heterocycles. The highest BCUT2D eigenvalue weighted by Crippen LogP contribution is 2.46. The molecule has 36 heavy (non-hydrogen) atoms. The average Bonchev–Trinajstić information content (AvgIpc) is 3.22. The van der Waals surface area contributed by atoms with Gasteiger partial charge in [-0.3, -0.25) is 0 Å². The molecule has 1 atom stereocenters. The van der Waals surface area contributed by atoms with Crippen LogP contribution in [0.25, 0.3) is 0 Å². The van der Waals surface area contributed by atoms with Crippen LogP contribution in [0.3, 0.4) is 0 Å². The molecule has 186 valence electrons. The van der Waals surface area contributed by atoms with Gasteiger partial charge in [-0.1, -0.05) is 17.7 Å². The van der Waals surface area contributed by atoms with Crippen LogP contribution >= 0.6 is 11.6 Å². The van der Waals surface area contributed by atoms with Crippen molar-refractivity contribution in [1.82, 2.24) is 0 Å². The largest absolute Gasteiger partial charge is 0.490 e. The zero-order valence-electron chi connectivity index (χ0n) is 19.2. The molecule has 3 aromatic rings. The SMILES string of the molecule is N#Cc1ccc(CC2(c3ccc(Cl)cc3OCC3CCCCO3)Nc3cc(F)c(F)cc3N2)c(F)c1. The molecule has 0 aromatic heterocycles. The number of halogens is 4. The van der Waals surface area contributed by atoms with Gasteiger partial charge in [0.05, 0.1) is 29.1 Å². The number of anilines is 2. The minimum Gasteiger partial charge on any atom is -0.490 e. The molecule has 2 aliphatic heterocycles. The minimum absolute atomic E-state index is 0.0282. The van der Waals surface area contributed by atoms with Crippen LogP contribution in [-0.2, 0) is 16.8 Å². The Kier molecular flexibility index (Phi) is 6.69. The first-order valence-electron chi connectivity index (χ1n) is 11.7. The molecule has 2 N–H and O–H groups in total. The van der Waals surface area contributed by atoms with Gasteiger partial charge >= 0.3 is 0 Å². The number of nitriles is 1. The molecule has 0 saturated carbocycles. The van der Waals surface area contributed by atoms with Crippen LogP contribution in [0.5, 0.6) is 5.75 Å². The lowest BCUT2D eigenvalue weighted by Crippen LogP contribution is -2.42. The van der Waals surface area contributed by atoms with Gasteiger partial charge in [-0.2, -0.15) is 5.26 Å². The van der Waals surface area contributed by atoms with E-state index >= 15 is 0 Å². The van der Waals surface area contributed by atoms with Crippen molar-refractivity contribution in [1.29, 1.82) is 5.26 Å². The maximum absolute atomic E-state index is 15.0. The lowest BCUT2D eigenvalue weighted by molar-refractivity contribution is -0.0113. The summed E-state index contributed by atoms with van der Waals surface area (Å²) in [6, 6.07) is 13.3. The Morgan fingerprint density at radius 1 is 1.00 bits per heavy atom. The Labute approximate surface area is 211 Å². The number of nitrogens with one attached hydrogen (secondary N) is 2. The maximum atomic E-state index is 15.0. The van der Waals surface area contributed by atoms with Gasteiger partial charge in [0.1, 0.15) is 23.8 Å². The standard InChI is InChI=1S/C27H23ClF3N3O2/c28-18-6-7-20(26(10-18)36-15-19-3-1-2-8-35-19)27(13-17-5-4-16(14-32)9-21(17)29)33-24-11-22(30)23(31)12-25(24)34-27/h4-7,9-12,19,33-34H,1-3,8,13,15H2. The molecule has 9 heteroatoms. The fourth-order valence-electron chi connectivity index (χ4n) is 4.70. The maximum Gasteiger partial charge on any atom is 0.161 e. The van der Waals surface area contributed by atoms with Gasteiger partial charge in [0, 0.05) is 35.7 Å². The van der Waals surface area contributed by atoms with Gasteiger partial charge in [-0.05, 0) is 55.2 Å². The summed E-state index contributed by atoms with van der Waals surface area (Å²) in [5, 5.41) is 16.0. The molecule has 0 aliphatic carbocycles. The second kappa shape index (κ2) is 9.92. The highest BCUT2D eigenvalue weighted by atomic mass is 35.5. The third-order valence-electron chi connectivity index (χ3n) is 6.50. The van der Waals surface area contributed by atoms with E-state index in [9.17, 15) is 13.2 Å². The van der Waals surface area contributed by atoms with Crippen molar-refractivity contribution in [2.24, 2.45) is 0 Å². The van der Waals surface area contributed by atoms with Crippen molar-refractivity contribution in [2.75, 3.05) is 23.8 Å². The summed E-state index contributed by atoms with van der Waals surface area (Å²) in [5.74, 6) is -2.16. The molecular weight excluding hydrogens is 491 g/mol. The van der Waals surface area contributed by atoms with Crippen molar-refractivity contribution < 1.29 is 22.6 Å². The molecule has 1 fully saturated rings. The third kappa shape index (κ3) is 4.81. The van der Waals surface area contributed by atoms with Gasteiger partial charge in [-0.25, -0.2) is 13.2 Å². The Hall–Kier alpha value is -3.41. The van der Waals surface area contributed by atoms with E-state index in [2.05, 4.69) is 10.6 Å². The fraction of sp³-hybridized carbons (Fsp3) is 0.296. The summed E-state index contributed by atoms with van der Waals surface area (Å²) in [5.41, 5.74) is 0.458. The van der Waals surface area contributed by atoms with E-state index in [-0.39, 0.29) is 18.1 Å². The Morgan fingerprint density at radius 2 is 1.75 bits per heavy atom. The smallest absolute Gasteiger partial charge is 0.161 e. The highest BCUT2D eigenvalue weighted by Gasteiger charge is 2.42. The number of ether oxygens (including phenoxy) is 2. The topological polar surface area (TPSA) is 66.3 Å². The zero-order chi connectivity index (χ0) is 25.3. The summed E-state index contributed by atoms with van der Waals surface area (Å²) >= 11 is 6.30. The Bertz CT molecular complexity index is 1310. The van der Waals surface area contributed by atoms with Crippen LogP contribution in [0.15, 0.2) is 48.5 Å². The van der Waals surface area contributed by atoms with E-state index in [1.54, 1.807) is 18.2 Å². The predicted octanol–water partition coefficient (Wildman–Crippen LogP) is 6.51. The lowest BCUT2D eigenvalue weighted by Gasteiger charge is -2.34. The average molecular weight is 514 g/mol. The van der Waals surface area contributed by atoms with Crippen molar-refractivity contribution in [3.63, 3.8) is 0 Å². The molecule has 5 rings (SSSR count). The molecule has 3 aromatic carbocycles. The van der Waals surface area contributed by atoms with Crippen molar-refractivity contribution >= 4 is 23.0 Å². The number of fused-ring (bicyclic) bond motifs is 1. The number of nitrogens with zero attached hydrogens (tertiary/aromatic N) is 1. The first kappa shape index (κ1) is 24.3. The number of hydrogen-bond acceptors (Lipinski definition) is 5. The van der Waals surface area contributed by atoms with Crippen LogP contribution in [0.2, 0.25) is 5.02 Å². The Morgan fingerprint density at radius 3 is 2.39 bits per heavy atom. The summed E-state index contributed by atoms with van der Waals surface area (Å²) in [7, 11) is 0. The van der Waals surface area contributed by atoms with E-state index in [4.69, 9.17) is 26.3 Å². The lowest BCUT2D eigenvalue weighted by atomic mass is 9.90. The minimum atomic E-state index is -1.23. The highest BCUT2D eigenvalue weighted by molar-refractivity contribution is 6.30. The number of hydrogen-bond donors (Lipinski definition) is 2. The Balaban J connectivity index is 1.56. The summed E-state index contributed by atoms with van der Waals surface area (Å²) < 4.78 is 55.1. The second-order valence-electron chi connectivity index (χ2n) is 9.00. The molecular formula is C27H23ClF3N3O2. The fourth-order valence-corrected chi connectivity index (χ4v) is 4.86. The van der Waals surface area contributed by atoms with Gasteiger partial charge in [0.25, 0.3) is 0 Å². The summed E-state index contributed by atoms with van der Waals surface area (Å²) in [4.78, 5) is 0. The first-order valence-corrected chi connectivity index (χ1v) is 12.0. The molecule has 0 radical (unpaired) electrons. The van der Waals surface area contributed by atoms with Crippen LogP contribution in [0, 0.1) is 28.8 Å². The molecule has 0 bridgehead atoms. The molecule has 2 aliphatic rings. The van der Waals surface area contributed by atoms with Crippen molar-refractivity contribution in [3.05, 3.63) is 87.7 Å². The first-order chi connectivity index (χ1) is 17.4. The van der Waals surface area contributed by atoms with E-state index in [0.29, 0.717) is 46.5 Å². The molecule has 1 saturated heterocycles. The molecule has 1 unspecified atom stereocenters. The normalized spacial score (nSPS) is 18.0. The van der Waals surface area contributed by atoms with Gasteiger partial charge < -0.3 is 20.1 Å². The molecule has 5 nitrogen and oxygen atoms in total. The van der Waals surface area contributed by atoms with Crippen molar-refractivity contribution in [2.45, 2.75) is 37.5 Å².